The van der Waals surface area contributed by atoms with Crippen LogP contribution in [0.5, 0.6) is 0 Å². The van der Waals surface area contributed by atoms with Gasteiger partial charge in [0.05, 0.1) is 13.2 Å². The molecule has 1 heterocycles. The van der Waals surface area contributed by atoms with Gasteiger partial charge in [0.25, 0.3) is 0 Å². The van der Waals surface area contributed by atoms with Crippen LogP contribution in [0.25, 0.3) is 0 Å². The van der Waals surface area contributed by atoms with Gasteiger partial charge >= 0.3 is 0 Å². The molecular weight excluding hydrogens is 224 g/mol. The largest absolute Gasteiger partial charge is 0.379 e. The maximum atomic E-state index is 6.20. The van der Waals surface area contributed by atoms with Crippen molar-refractivity contribution in [3.8, 4) is 0 Å². The first-order valence-electron chi connectivity index (χ1n) is 5.59. The fourth-order valence-corrected chi connectivity index (χ4v) is 2.37. The molecule has 2 rings (SSSR count). The Bertz CT molecular complexity index is 340. The Hall–Kier alpha value is -0.610. The van der Waals surface area contributed by atoms with Crippen LogP contribution in [0.4, 0.5) is 0 Å². The third kappa shape index (κ3) is 2.55. The number of hydrogen-bond donors (Lipinski definition) is 1. The Labute approximate surface area is 101 Å². The van der Waals surface area contributed by atoms with Crippen LogP contribution in [0.3, 0.4) is 0 Å². The van der Waals surface area contributed by atoms with Gasteiger partial charge in [0.2, 0.25) is 0 Å². The number of hydrogen-bond acceptors (Lipinski definition) is 3. The minimum absolute atomic E-state index is 0.206. The predicted octanol–water partition coefficient (Wildman–Crippen LogP) is 1.67. The summed E-state index contributed by atoms with van der Waals surface area (Å²) in [6, 6.07) is 8.12. The van der Waals surface area contributed by atoms with E-state index in [4.69, 9.17) is 22.1 Å². The maximum Gasteiger partial charge on any atom is 0.0594 e. The highest BCUT2D eigenvalue weighted by atomic mass is 35.5. The van der Waals surface area contributed by atoms with Crippen molar-refractivity contribution in [1.82, 2.24) is 4.90 Å². The molecule has 1 aliphatic rings. The van der Waals surface area contributed by atoms with Gasteiger partial charge in [0.1, 0.15) is 0 Å². The quantitative estimate of drug-likeness (QED) is 0.874. The fraction of sp³-hybridized carbons (Fsp3) is 0.500. The lowest BCUT2D eigenvalue weighted by atomic mass is 10.0. The predicted molar refractivity (Wildman–Crippen MR) is 65.6 cm³/mol. The van der Waals surface area contributed by atoms with Crippen molar-refractivity contribution in [3.05, 3.63) is 34.9 Å². The fourth-order valence-electron chi connectivity index (χ4n) is 2.11. The zero-order valence-electron chi connectivity index (χ0n) is 9.23. The first-order chi connectivity index (χ1) is 7.83. The average molecular weight is 241 g/mol. The highest BCUT2D eigenvalue weighted by molar-refractivity contribution is 6.31. The second-order valence-electron chi connectivity index (χ2n) is 3.92. The SMILES string of the molecule is NC[C@H](c1ccccc1Cl)N1CCOCC1. The molecule has 1 aromatic rings. The van der Waals surface area contributed by atoms with E-state index in [0.29, 0.717) is 6.54 Å². The van der Waals surface area contributed by atoms with E-state index >= 15 is 0 Å². The number of morpholine rings is 1. The maximum absolute atomic E-state index is 6.20. The number of nitrogens with two attached hydrogens (primary N) is 1. The second kappa shape index (κ2) is 5.64. The van der Waals surface area contributed by atoms with Crippen LogP contribution in [0, 0.1) is 0 Å². The zero-order chi connectivity index (χ0) is 11.4. The Morgan fingerprint density at radius 3 is 2.62 bits per heavy atom. The number of nitrogens with zero attached hydrogens (tertiary/aromatic N) is 1. The molecule has 0 unspecified atom stereocenters. The van der Waals surface area contributed by atoms with E-state index < -0.39 is 0 Å². The summed E-state index contributed by atoms with van der Waals surface area (Å²) in [5, 5.41) is 0.796. The van der Waals surface area contributed by atoms with E-state index in [-0.39, 0.29) is 6.04 Å². The molecule has 88 valence electrons. The van der Waals surface area contributed by atoms with Crippen LogP contribution in [0.15, 0.2) is 24.3 Å². The summed E-state index contributed by atoms with van der Waals surface area (Å²) >= 11 is 6.20. The van der Waals surface area contributed by atoms with Gasteiger partial charge in [-0.2, -0.15) is 0 Å². The van der Waals surface area contributed by atoms with Crippen molar-refractivity contribution in [2.24, 2.45) is 5.73 Å². The van der Waals surface area contributed by atoms with E-state index in [9.17, 15) is 0 Å². The van der Waals surface area contributed by atoms with Gasteiger partial charge in [-0.25, -0.2) is 0 Å². The molecule has 3 nitrogen and oxygen atoms in total. The molecule has 0 saturated carbocycles. The zero-order valence-corrected chi connectivity index (χ0v) is 9.99. The molecule has 1 atom stereocenters. The molecule has 1 aromatic carbocycles. The topological polar surface area (TPSA) is 38.5 Å². The van der Waals surface area contributed by atoms with Crippen LogP contribution >= 0.6 is 11.6 Å². The Kier molecular flexibility index (Phi) is 4.18. The Balaban J connectivity index is 2.18. The van der Waals surface area contributed by atoms with Crippen molar-refractivity contribution in [2.75, 3.05) is 32.8 Å². The van der Waals surface area contributed by atoms with E-state index in [2.05, 4.69) is 11.0 Å². The normalized spacial score (nSPS) is 19.6. The van der Waals surface area contributed by atoms with Gasteiger partial charge in [-0.1, -0.05) is 29.8 Å². The van der Waals surface area contributed by atoms with Gasteiger partial charge in [0.15, 0.2) is 0 Å². The van der Waals surface area contributed by atoms with E-state index in [1.165, 1.54) is 0 Å². The molecule has 1 saturated heterocycles. The Morgan fingerprint density at radius 1 is 1.31 bits per heavy atom. The highest BCUT2D eigenvalue weighted by Crippen LogP contribution is 2.27. The molecular formula is C12H17ClN2O. The van der Waals surface area contributed by atoms with Crippen molar-refractivity contribution in [1.29, 1.82) is 0 Å². The van der Waals surface area contributed by atoms with E-state index in [1.807, 2.05) is 18.2 Å². The molecule has 1 fully saturated rings. The van der Waals surface area contributed by atoms with Crippen molar-refractivity contribution >= 4 is 11.6 Å². The van der Waals surface area contributed by atoms with E-state index in [1.54, 1.807) is 0 Å². The summed E-state index contributed by atoms with van der Waals surface area (Å²) in [7, 11) is 0. The van der Waals surface area contributed by atoms with Crippen LogP contribution in [0.2, 0.25) is 5.02 Å². The van der Waals surface area contributed by atoms with Gasteiger partial charge in [-0.3, -0.25) is 4.90 Å². The standard InChI is InChI=1S/C12H17ClN2O/c13-11-4-2-1-3-10(11)12(9-14)15-5-7-16-8-6-15/h1-4,12H,5-9,14H2/t12-/m1/s1. The van der Waals surface area contributed by atoms with Gasteiger partial charge < -0.3 is 10.5 Å². The average Bonchev–Trinajstić information content (AvgIpc) is 2.34. The molecule has 0 aliphatic carbocycles. The number of ether oxygens (including phenoxy) is 1. The van der Waals surface area contributed by atoms with Gasteiger partial charge in [0, 0.05) is 30.7 Å². The summed E-state index contributed by atoms with van der Waals surface area (Å²) in [6.45, 7) is 3.99. The molecule has 0 amide bonds. The first-order valence-corrected chi connectivity index (χ1v) is 5.97. The molecule has 4 heteroatoms. The molecule has 2 N–H and O–H groups in total. The minimum atomic E-state index is 0.206. The van der Waals surface area contributed by atoms with Crippen LogP contribution in [-0.2, 0) is 4.74 Å². The molecule has 16 heavy (non-hydrogen) atoms. The molecule has 1 aliphatic heterocycles. The summed E-state index contributed by atoms with van der Waals surface area (Å²) in [5.41, 5.74) is 6.98. The lowest BCUT2D eigenvalue weighted by Gasteiger charge is -2.34. The molecule has 0 aromatic heterocycles. The molecule has 0 spiro atoms. The summed E-state index contributed by atoms with van der Waals surface area (Å²) in [6.07, 6.45) is 0. The summed E-state index contributed by atoms with van der Waals surface area (Å²) in [4.78, 5) is 2.34. The minimum Gasteiger partial charge on any atom is -0.379 e. The molecule has 0 radical (unpaired) electrons. The van der Waals surface area contributed by atoms with Crippen LogP contribution in [-0.4, -0.2) is 37.7 Å². The lowest BCUT2D eigenvalue weighted by Crippen LogP contribution is -2.41. The van der Waals surface area contributed by atoms with Gasteiger partial charge in [-0.15, -0.1) is 0 Å². The second-order valence-corrected chi connectivity index (χ2v) is 4.33. The third-order valence-corrected chi connectivity index (χ3v) is 3.32. The number of benzene rings is 1. The van der Waals surface area contributed by atoms with Crippen molar-refractivity contribution < 1.29 is 4.74 Å². The monoisotopic (exact) mass is 240 g/mol. The smallest absolute Gasteiger partial charge is 0.0594 e. The lowest BCUT2D eigenvalue weighted by molar-refractivity contribution is 0.0179. The van der Waals surface area contributed by atoms with E-state index in [0.717, 1.165) is 36.9 Å². The number of rotatable bonds is 3. The van der Waals surface area contributed by atoms with Gasteiger partial charge in [-0.05, 0) is 11.6 Å². The van der Waals surface area contributed by atoms with Crippen molar-refractivity contribution in [2.45, 2.75) is 6.04 Å². The molecule has 0 bridgehead atoms. The van der Waals surface area contributed by atoms with Crippen molar-refractivity contribution in [3.63, 3.8) is 0 Å². The Morgan fingerprint density at radius 2 is 2.00 bits per heavy atom. The summed E-state index contributed by atoms with van der Waals surface area (Å²) in [5.74, 6) is 0. The highest BCUT2D eigenvalue weighted by Gasteiger charge is 2.22. The first kappa shape index (κ1) is 11.9. The number of halogens is 1. The summed E-state index contributed by atoms with van der Waals surface area (Å²) < 4.78 is 5.35. The van der Waals surface area contributed by atoms with Crippen LogP contribution < -0.4 is 5.73 Å². The van der Waals surface area contributed by atoms with Crippen LogP contribution in [0.1, 0.15) is 11.6 Å². The third-order valence-electron chi connectivity index (χ3n) is 2.97.